The zero-order valence-corrected chi connectivity index (χ0v) is 18.0. The van der Waals surface area contributed by atoms with Crippen molar-refractivity contribution in [3.05, 3.63) is 59.7 Å². The van der Waals surface area contributed by atoms with Gasteiger partial charge in [-0.05, 0) is 57.4 Å². The molecule has 29 heavy (non-hydrogen) atoms. The first-order valence-electron chi connectivity index (χ1n) is 8.72. The Bertz CT molecular complexity index is 826. The second-order valence-electron chi connectivity index (χ2n) is 6.08. The summed E-state index contributed by atoms with van der Waals surface area (Å²) in [5.74, 6) is 0. The number of aryl methyl sites for hydroxylation is 2. The molecule has 0 saturated carbocycles. The normalized spacial score (nSPS) is 11.0. The molecule has 0 aliphatic heterocycles. The second-order valence-corrected chi connectivity index (χ2v) is 8.93. The molecule has 0 fully saturated rings. The molecule has 4 N–H and O–H groups in total. The van der Waals surface area contributed by atoms with Gasteiger partial charge in [-0.3, -0.25) is 9.11 Å². The number of unbranched alkanes of at least 4 members (excludes halogenated alkanes) is 2. The molecule has 0 aliphatic rings. The third kappa shape index (κ3) is 13.1. The van der Waals surface area contributed by atoms with Crippen molar-refractivity contribution in [1.29, 1.82) is 0 Å². The Labute approximate surface area is 172 Å². The molecule has 8 nitrogen and oxygen atoms in total. The van der Waals surface area contributed by atoms with Crippen LogP contribution in [0.5, 0.6) is 0 Å². The Morgan fingerprint density at radius 1 is 0.586 bits per heavy atom. The van der Waals surface area contributed by atoms with E-state index in [9.17, 15) is 16.8 Å². The quantitative estimate of drug-likeness (QED) is 0.389. The molecule has 0 amide bonds. The average Bonchev–Trinajstić information content (AvgIpc) is 2.62. The van der Waals surface area contributed by atoms with Gasteiger partial charge in [-0.15, -0.1) is 0 Å². The number of hydrogen-bond acceptors (Lipinski definition) is 6. The molecule has 0 radical (unpaired) electrons. The first kappa shape index (κ1) is 27.2. The van der Waals surface area contributed by atoms with E-state index in [1.165, 1.54) is 24.3 Å². The zero-order chi connectivity index (χ0) is 22.5. The maximum absolute atomic E-state index is 10.5. The van der Waals surface area contributed by atoms with Gasteiger partial charge in [0.2, 0.25) is 0 Å². The molecule has 2 aromatic carbocycles. The first-order valence-corrected chi connectivity index (χ1v) is 11.6. The molecular formula is C19H28O8S2. The largest absolute Gasteiger partial charge is 0.396 e. The molecule has 164 valence electrons. The van der Waals surface area contributed by atoms with Crippen LogP contribution in [0, 0.1) is 13.8 Å². The van der Waals surface area contributed by atoms with Gasteiger partial charge in [0, 0.05) is 13.2 Å². The van der Waals surface area contributed by atoms with Crippen molar-refractivity contribution < 1.29 is 36.2 Å². The molecule has 0 spiro atoms. The van der Waals surface area contributed by atoms with E-state index in [0.717, 1.165) is 30.4 Å². The number of hydrogen-bond donors (Lipinski definition) is 4. The van der Waals surface area contributed by atoms with Crippen molar-refractivity contribution in [1.82, 2.24) is 0 Å². The van der Waals surface area contributed by atoms with Crippen molar-refractivity contribution in [2.75, 3.05) is 13.2 Å². The number of aliphatic hydroxyl groups excluding tert-OH is 2. The SMILES string of the molecule is Cc1ccc(S(=O)(=O)O)cc1.Cc1ccc(S(=O)(=O)O)cc1.OCCCCCO. The Kier molecular flexibility index (Phi) is 12.6. The summed E-state index contributed by atoms with van der Waals surface area (Å²) in [6.45, 7) is 4.18. The van der Waals surface area contributed by atoms with E-state index < -0.39 is 20.2 Å². The predicted molar refractivity (Wildman–Crippen MR) is 110 cm³/mol. The standard InChI is InChI=1S/2C7H8O3S.C5H12O2/c2*1-6-2-4-7(5-3-6)11(8,9)10;6-4-2-1-3-5-7/h2*2-5H,1H3,(H,8,9,10);6-7H,1-5H2. The van der Waals surface area contributed by atoms with Gasteiger partial charge in [-0.2, -0.15) is 16.8 Å². The summed E-state index contributed by atoms with van der Waals surface area (Å²) in [5, 5.41) is 16.4. The number of rotatable bonds is 6. The van der Waals surface area contributed by atoms with E-state index in [-0.39, 0.29) is 23.0 Å². The van der Waals surface area contributed by atoms with Crippen LogP contribution in [0.4, 0.5) is 0 Å². The zero-order valence-electron chi connectivity index (χ0n) is 16.4. The van der Waals surface area contributed by atoms with Gasteiger partial charge >= 0.3 is 0 Å². The molecule has 2 aromatic rings. The highest BCUT2D eigenvalue weighted by Gasteiger charge is 2.07. The fourth-order valence-electron chi connectivity index (χ4n) is 1.82. The van der Waals surface area contributed by atoms with Gasteiger partial charge in [0.15, 0.2) is 0 Å². The van der Waals surface area contributed by atoms with E-state index in [1.807, 2.05) is 13.8 Å². The monoisotopic (exact) mass is 448 g/mol. The van der Waals surface area contributed by atoms with Gasteiger partial charge in [0.1, 0.15) is 0 Å². The van der Waals surface area contributed by atoms with Gasteiger partial charge in [-0.25, -0.2) is 0 Å². The van der Waals surface area contributed by atoms with Crippen molar-refractivity contribution in [2.45, 2.75) is 42.9 Å². The topological polar surface area (TPSA) is 149 Å². The molecular weight excluding hydrogens is 420 g/mol. The van der Waals surface area contributed by atoms with Crippen molar-refractivity contribution >= 4 is 20.2 Å². The third-order valence-corrected chi connectivity index (χ3v) is 5.19. The van der Waals surface area contributed by atoms with Gasteiger partial charge < -0.3 is 10.2 Å². The summed E-state index contributed by atoms with van der Waals surface area (Å²) in [4.78, 5) is -0.133. The Hall–Kier alpha value is -1.82. The second kappa shape index (κ2) is 13.4. The van der Waals surface area contributed by atoms with Crippen LogP contribution in [0.25, 0.3) is 0 Å². The lowest BCUT2D eigenvalue weighted by Crippen LogP contribution is -1.96. The molecule has 0 heterocycles. The highest BCUT2D eigenvalue weighted by Crippen LogP contribution is 2.09. The van der Waals surface area contributed by atoms with Crippen LogP contribution in [-0.4, -0.2) is 49.4 Å². The fourth-order valence-corrected chi connectivity index (χ4v) is 2.78. The molecule has 0 saturated heterocycles. The van der Waals surface area contributed by atoms with E-state index >= 15 is 0 Å². The molecule has 2 rings (SSSR count). The van der Waals surface area contributed by atoms with Crippen LogP contribution in [-0.2, 0) is 20.2 Å². The van der Waals surface area contributed by atoms with Crippen molar-refractivity contribution in [2.24, 2.45) is 0 Å². The van der Waals surface area contributed by atoms with Crippen LogP contribution in [0.15, 0.2) is 58.3 Å². The molecule has 0 unspecified atom stereocenters. The lowest BCUT2D eigenvalue weighted by Gasteiger charge is -1.95. The summed E-state index contributed by atoms with van der Waals surface area (Å²) in [7, 11) is -8.04. The maximum Gasteiger partial charge on any atom is 0.294 e. The summed E-state index contributed by atoms with van der Waals surface area (Å²) in [6.07, 6.45) is 2.58. The van der Waals surface area contributed by atoms with Gasteiger partial charge in [-0.1, -0.05) is 35.4 Å². The van der Waals surface area contributed by atoms with Gasteiger partial charge in [0.25, 0.3) is 20.2 Å². The van der Waals surface area contributed by atoms with Crippen LogP contribution in [0.2, 0.25) is 0 Å². The maximum atomic E-state index is 10.5. The molecule has 0 atom stereocenters. The van der Waals surface area contributed by atoms with E-state index in [4.69, 9.17) is 19.3 Å². The molecule has 0 bridgehead atoms. The Morgan fingerprint density at radius 3 is 1.07 bits per heavy atom. The molecule has 10 heteroatoms. The number of benzene rings is 2. The van der Waals surface area contributed by atoms with Crippen LogP contribution in [0.1, 0.15) is 30.4 Å². The molecule has 0 aromatic heterocycles. The average molecular weight is 449 g/mol. The summed E-state index contributed by atoms with van der Waals surface area (Å²) >= 11 is 0. The fraction of sp³-hybridized carbons (Fsp3) is 0.368. The minimum absolute atomic E-state index is 0.0666. The van der Waals surface area contributed by atoms with Crippen molar-refractivity contribution in [3.63, 3.8) is 0 Å². The van der Waals surface area contributed by atoms with E-state index in [1.54, 1.807) is 24.3 Å². The smallest absolute Gasteiger partial charge is 0.294 e. The minimum Gasteiger partial charge on any atom is -0.396 e. The van der Waals surface area contributed by atoms with E-state index in [0.29, 0.717) is 0 Å². The lowest BCUT2D eigenvalue weighted by atomic mass is 10.2. The number of aliphatic hydroxyl groups is 2. The predicted octanol–water partition coefficient (Wildman–Crippen LogP) is 2.62. The molecule has 0 aliphatic carbocycles. The Balaban J connectivity index is 0.000000419. The minimum atomic E-state index is -4.02. The van der Waals surface area contributed by atoms with Gasteiger partial charge in [0.05, 0.1) is 9.79 Å². The third-order valence-electron chi connectivity index (χ3n) is 3.45. The summed E-state index contributed by atoms with van der Waals surface area (Å²) in [6, 6.07) is 12.0. The summed E-state index contributed by atoms with van der Waals surface area (Å²) in [5.41, 5.74) is 1.91. The highest BCUT2D eigenvalue weighted by atomic mass is 32.2. The van der Waals surface area contributed by atoms with Crippen molar-refractivity contribution in [3.8, 4) is 0 Å². The lowest BCUT2D eigenvalue weighted by molar-refractivity contribution is 0.257. The first-order chi connectivity index (χ1) is 13.4. The van der Waals surface area contributed by atoms with Crippen LogP contribution in [0.3, 0.4) is 0 Å². The highest BCUT2D eigenvalue weighted by molar-refractivity contribution is 7.86. The van der Waals surface area contributed by atoms with E-state index in [2.05, 4.69) is 0 Å². The van der Waals surface area contributed by atoms with Crippen LogP contribution < -0.4 is 0 Å². The summed E-state index contributed by atoms with van der Waals surface area (Å²) < 4.78 is 59.1. The van der Waals surface area contributed by atoms with Crippen LogP contribution >= 0.6 is 0 Å². The Morgan fingerprint density at radius 2 is 0.862 bits per heavy atom.